The number of anilines is 1. The average Bonchev–Trinajstić information content (AvgIpc) is 2.19. The molecule has 14 heavy (non-hydrogen) atoms. The average molecular weight is 273 g/mol. The molecule has 0 bridgehead atoms. The Kier molecular flexibility index (Phi) is 4.51. The predicted octanol–water partition coefficient (Wildman–Crippen LogP) is 2.59. The number of alkyl halides is 1. The maximum atomic E-state index is 11.4. The number of benzene rings is 1. The fourth-order valence-corrected chi connectivity index (χ4v) is 1.31. The molecule has 0 heterocycles. The molecule has 0 aliphatic carbocycles. The molecular weight excluding hydrogens is 265 g/mol. The third-order valence-corrected chi connectivity index (χ3v) is 2.21. The van der Waals surface area contributed by atoms with Gasteiger partial charge in [-0.15, -0.1) is 0 Å². The topological polar surface area (TPSA) is 29.1 Å². The van der Waals surface area contributed by atoms with Crippen LogP contribution < -0.4 is 5.32 Å². The first kappa shape index (κ1) is 11.1. The molecule has 1 rings (SSSR count). The van der Waals surface area contributed by atoms with E-state index in [-0.39, 0.29) is 5.91 Å². The molecule has 1 atom stereocenters. The van der Waals surface area contributed by atoms with Gasteiger partial charge < -0.3 is 5.32 Å². The van der Waals surface area contributed by atoms with Gasteiger partial charge in [0.25, 0.3) is 0 Å². The first-order valence-electron chi connectivity index (χ1n) is 3.85. The molecule has 0 aromatic heterocycles. The zero-order chi connectivity index (χ0) is 10.4. The second-order valence-corrected chi connectivity index (χ2v) is 3.56. The molecule has 0 saturated carbocycles. The second kappa shape index (κ2) is 5.69. The van der Waals surface area contributed by atoms with Crippen LogP contribution in [-0.4, -0.2) is 10.7 Å². The van der Waals surface area contributed by atoms with Crippen LogP contribution >= 0.6 is 27.5 Å². The maximum Gasteiger partial charge on any atom is 0.250 e. The van der Waals surface area contributed by atoms with Crippen LogP contribution in [-0.2, 0) is 4.79 Å². The van der Waals surface area contributed by atoms with Crippen LogP contribution in [0.25, 0.3) is 0 Å². The molecule has 1 N–H and O–H groups in total. The van der Waals surface area contributed by atoms with Crippen molar-refractivity contribution in [1.82, 2.24) is 0 Å². The molecule has 72 valence electrons. The molecule has 4 heteroatoms. The number of halogens is 2. The van der Waals surface area contributed by atoms with Crippen LogP contribution in [0.4, 0.5) is 5.69 Å². The molecule has 0 saturated heterocycles. The largest absolute Gasteiger partial charge is 0.324 e. The van der Waals surface area contributed by atoms with Crippen LogP contribution in [0.2, 0.25) is 0 Å². The van der Waals surface area contributed by atoms with E-state index >= 15 is 0 Å². The Labute approximate surface area is 95.8 Å². The summed E-state index contributed by atoms with van der Waals surface area (Å²) in [6.07, 6.45) is 0. The van der Waals surface area contributed by atoms with E-state index in [1.807, 2.05) is 18.2 Å². The number of carbonyl (C=O) groups excluding carboxylic acids is 1. The highest BCUT2D eigenvalue weighted by Crippen LogP contribution is 2.08. The molecular formula is C10H7BrClNO. The Morgan fingerprint density at radius 3 is 2.64 bits per heavy atom. The lowest BCUT2D eigenvalue weighted by atomic mass is 10.3. The Balaban J connectivity index is 2.60. The van der Waals surface area contributed by atoms with Gasteiger partial charge in [-0.05, 0) is 23.7 Å². The van der Waals surface area contributed by atoms with Gasteiger partial charge in [0.2, 0.25) is 5.91 Å². The minimum atomic E-state index is -0.583. The van der Waals surface area contributed by atoms with Gasteiger partial charge in [0, 0.05) is 11.1 Å². The minimum Gasteiger partial charge on any atom is -0.324 e. The summed E-state index contributed by atoms with van der Waals surface area (Å²) < 4.78 is 0. The van der Waals surface area contributed by atoms with E-state index in [2.05, 4.69) is 32.5 Å². The van der Waals surface area contributed by atoms with Crippen molar-refractivity contribution < 1.29 is 4.79 Å². The second-order valence-electron chi connectivity index (χ2n) is 2.46. The Bertz CT molecular complexity index is 369. The summed E-state index contributed by atoms with van der Waals surface area (Å²) in [6, 6.07) is 9.15. The zero-order valence-electron chi connectivity index (χ0n) is 7.13. The van der Waals surface area contributed by atoms with Gasteiger partial charge >= 0.3 is 0 Å². The zero-order valence-corrected chi connectivity index (χ0v) is 9.47. The van der Waals surface area contributed by atoms with Gasteiger partial charge in [0.05, 0.1) is 0 Å². The molecule has 2 nitrogen and oxygen atoms in total. The minimum absolute atomic E-state index is 0.232. The molecule has 1 aromatic rings. The molecule has 0 radical (unpaired) electrons. The van der Waals surface area contributed by atoms with E-state index in [0.29, 0.717) is 0 Å². The van der Waals surface area contributed by atoms with Crippen LogP contribution in [0.15, 0.2) is 30.3 Å². The SMILES string of the molecule is O=C(Nc1ccccc1)C(Br)C#CCl. The lowest BCUT2D eigenvalue weighted by molar-refractivity contribution is -0.114. The van der Waals surface area contributed by atoms with Crippen molar-refractivity contribution in [2.75, 3.05) is 5.32 Å². The number of amides is 1. The number of hydrogen-bond donors (Lipinski definition) is 1. The van der Waals surface area contributed by atoms with Gasteiger partial charge in [0.1, 0.15) is 0 Å². The fraction of sp³-hybridized carbons (Fsp3) is 0.100. The van der Waals surface area contributed by atoms with Crippen molar-refractivity contribution in [2.24, 2.45) is 0 Å². The predicted molar refractivity (Wildman–Crippen MR) is 61.4 cm³/mol. The van der Waals surface area contributed by atoms with E-state index in [1.165, 1.54) is 0 Å². The number of para-hydroxylation sites is 1. The smallest absolute Gasteiger partial charge is 0.250 e. The van der Waals surface area contributed by atoms with Crippen molar-refractivity contribution in [3.63, 3.8) is 0 Å². The Hall–Kier alpha value is -0.980. The number of hydrogen-bond acceptors (Lipinski definition) is 1. The van der Waals surface area contributed by atoms with Crippen LogP contribution in [0.3, 0.4) is 0 Å². The first-order valence-corrected chi connectivity index (χ1v) is 5.14. The van der Waals surface area contributed by atoms with E-state index in [1.54, 1.807) is 12.1 Å². The van der Waals surface area contributed by atoms with Crippen LogP contribution in [0.1, 0.15) is 0 Å². The normalized spacial score (nSPS) is 11.0. The number of carbonyl (C=O) groups is 1. The molecule has 0 spiro atoms. The molecule has 0 aliphatic rings. The molecule has 0 aliphatic heterocycles. The summed E-state index contributed by atoms with van der Waals surface area (Å²) in [4.78, 5) is 10.8. The Morgan fingerprint density at radius 1 is 1.43 bits per heavy atom. The highest BCUT2D eigenvalue weighted by Gasteiger charge is 2.11. The third-order valence-electron chi connectivity index (χ3n) is 1.45. The summed E-state index contributed by atoms with van der Waals surface area (Å²) >= 11 is 8.26. The Morgan fingerprint density at radius 2 is 2.07 bits per heavy atom. The summed E-state index contributed by atoms with van der Waals surface area (Å²) in [5, 5.41) is 4.83. The van der Waals surface area contributed by atoms with Gasteiger partial charge in [0.15, 0.2) is 4.83 Å². The highest BCUT2D eigenvalue weighted by atomic mass is 79.9. The standard InChI is InChI=1S/C10H7BrClNO/c11-9(6-7-12)10(14)13-8-4-2-1-3-5-8/h1-5,9H,(H,13,14). The van der Waals surface area contributed by atoms with Crippen LogP contribution in [0, 0.1) is 11.3 Å². The van der Waals surface area contributed by atoms with E-state index in [0.717, 1.165) is 5.69 Å². The van der Waals surface area contributed by atoms with Gasteiger partial charge in [-0.25, -0.2) is 0 Å². The number of nitrogens with one attached hydrogen (secondary N) is 1. The number of rotatable bonds is 2. The summed E-state index contributed by atoms with van der Waals surface area (Å²) in [5.74, 6) is 2.25. The van der Waals surface area contributed by atoms with Gasteiger partial charge in [-0.3, -0.25) is 4.79 Å². The fourth-order valence-electron chi connectivity index (χ4n) is 0.841. The van der Waals surface area contributed by atoms with Crippen molar-refractivity contribution in [3.8, 4) is 11.3 Å². The highest BCUT2D eigenvalue weighted by molar-refractivity contribution is 9.10. The molecule has 1 unspecified atom stereocenters. The van der Waals surface area contributed by atoms with Crippen molar-refractivity contribution in [2.45, 2.75) is 4.83 Å². The maximum absolute atomic E-state index is 11.4. The first-order chi connectivity index (χ1) is 6.74. The summed E-state index contributed by atoms with van der Waals surface area (Å²) in [7, 11) is 0. The monoisotopic (exact) mass is 271 g/mol. The molecule has 0 fully saturated rings. The lowest BCUT2D eigenvalue weighted by Gasteiger charge is -2.04. The summed E-state index contributed by atoms with van der Waals surface area (Å²) in [5.41, 5.74) is 0.735. The molecule has 1 aromatic carbocycles. The van der Waals surface area contributed by atoms with E-state index in [9.17, 15) is 4.79 Å². The van der Waals surface area contributed by atoms with E-state index in [4.69, 9.17) is 11.6 Å². The van der Waals surface area contributed by atoms with E-state index < -0.39 is 4.83 Å². The van der Waals surface area contributed by atoms with Crippen molar-refractivity contribution in [1.29, 1.82) is 0 Å². The van der Waals surface area contributed by atoms with Crippen molar-refractivity contribution in [3.05, 3.63) is 30.3 Å². The third kappa shape index (κ3) is 3.41. The van der Waals surface area contributed by atoms with Gasteiger partial charge in [-0.1, -0.05) is 40.0 Å². The van der Waals surface area contributed by atoms with Gasteiger partial charge in [-0.2, -0.15) is 0 Å². The summed E-state index contributed by atoms with van der Waals surface area (Å²) in [6.45, 7) is 0. The van der Waals surface area contributed by atoms with Crippen molar-refractivity contribution >= 4 is 39.1 Å². The molecule has 1 amide bonds. The lowest BCUT2D eigenvalue weighted by Crippen LogP contribution is -2.21. The quantitative estimate of drug-likeness (QED) is 0.651. The van der Waals surface area contributed by atoms with Crippen LogP contribution in [0.5, 0.6) is 0 Å².